The first-order valence-corrected chi connectivity index (χ1v) is 13.4. The van der Waals surface area contributed by atoms with Gasteiger partial charge in [0.2, 0.25) is 11.8 Å². The van der Waals surface area contributed by atoms with Gasteiger partial charge in [-0.05, 0) is 43.0 Å². The van der Waals surface area contributed by atoms with Crippen LogP contribution < -0.4 is 9.80 Å². The molecule has 0 bridgehead atoms. The molecule has 2 aromatic rings. The molecule has 2 saturated heterocycles. The third-order valence-corrected chi connectivity index (χ3v) is 8.11. The number of hydrogen-bond donors (Lipinski definition) is 2. The molecule has 0 saturated carbocycles. The number of anilines is 2. The number of hydrogen-bond acceptors (Lipinski definition) is 5. The van der Waals surface area contributed by atoms with Crippen molar-refractivity contribution in [2.75, 3.05) is 29.5 Å². The fourth-order valence-corrected chi connectivity index (χ4v) is 5.93. The van der Waals surface area contributed by atoms with Crippen molar-refractivity contribution >= 4 is 29.1 Å². The van der Waals surface area contributed by atoms with E-state index in [4.69, 9.17) is 0 Å². The molecule has 3 aliphatic rings. The Morgan fingerprint density at radius 3 is 2.63 bits per heavy atom. The second kappa shape index (κ2) is 10.7. The molecule has 0 aromatic heterocycles. The molecule has 2 aromatic carbocycles. The summed E-state index contributed by atoms with van der Waals surface area (Å²) in [5.41, 5.74) is 0.862. The number of carbonyl (C=O) groups excluding carboxylic acids is 3. The maximum atomic E-state index is 13.9. The highest BCUT2D eigenvalue weighted by molar-refractivity contribution is 6.08. The highest BCUT2D eigenvalue weighted by atomic mass is 16.3. The van der Waals surface area contributed by atoms with E-state index in [1.165, 1.54) is 0 Å². The molecule has 2 fully saturated rings. The summed E-state index contributed by atoms with van der Waals surface area (Å²) in [6, 6.07) is 14.9. The van der Waals surface area contributed by atoms with Gasteiger partial charge in [0.1, 0.15) is 0 Å². The highest BCUT2D eigenvalue weighted by Gasteiger charge is 2.52. The first-order chi connectivity index (χ1) is 18.3. The predicted octanol–water partition coefficient (Wildman–Crippen LogP) is 3.11. The molecule has 3 aliphatic heterocycles. The van der Waals surface area contributed by atoms with E-state index < -0.39 is 17.4 Å². The van der Waals surface area contributed by atoms with Gasteiger partial charge in [-0.3, -0.25) is 14.4 Å². The van der Waals surface area contributed by atoms with Crippen LogP contribution in [0.2, 0.25) is 0 Å². The van der Waals surface area contributed by atoms with Crippen molar-refractivity contribution in [3.8, 4) is 0 Å². The van der Waals surface area contributed by atoms with Gasteiger partial charge in [-0.2, -0.15) is 0 Å². The summed E-state index contributed by atoms with van der Waals surface area (Å²) in [4.78, 5) is 44.0. The maximum Gasteiger partial charge on any atom is 0.264 e. The van der Waals surface area contributed by atoms with Gasteiger partial charge < -0.3 is 24.9 Å². The topological polar surface area (TPSA) is 101 Å². The molecule has 0 unspecified atom stereocenters. The Balaban J connectivity index is 1.43. The fraction of sp³-hybridized carbons (Fsp3) is 0.433. The molecule has 0 spiro atoms. The standard InChI is InChI=1S/C30H35N3O5/c1-21(8-5-12-27(35)32-16-6-11-24(32)20-34)30(38)25-18-23(31-17-7-13-28(31)36)14-15-26(25)33(29(30)37)19-22-9-3-2-4-10-22/h2-5,8-10,14-15,18,21,24,34,38H,6-7,11-13,16-17,19-20H2,1H3/b8-5+/t21-,24+,30+/m1/s1. The number of likely N-dealkylation sites (tertiary alicyclic amines) is 1. The van der Waals surface area contributed by atoms with Crippen LogP contribution in [0.3, 0.4) is 0 Å². The monoisotopic (exact) mass is 517 g/mol. The van der Waals surface area contributed by atoms with E-state index in [-0.39, 0.29) is 30.9 Å². The van der Waals surface area contributed by atoms with Crippen LogP contribution in [-0.2, 0) is 26.5 Å². The van der Waals surface area contributed by atoms with Crippen LogP contribution in [0.25, 0.3) is 0 Å². The Morgan fingerprint density at radius 2 is 1.92 bits per heavy atom. The molecule has 8 nitrogen and oxygen atoms in total. The summed E-state index contributed by atoms with van der Waals surface area (Å²) in [6.45, 7) is 3.28. The zero-order valence-corrected chi connectivity index (χ0v) is 21.8. The lowest BCUT2D eigenvalue weighted by Crippen LogP contribution is -2.44. The minimum atomic E-state index is -1.84. The van der Waals surface area contributed by atoms with E-state index in [2.05, 4.69) is 0 Å². The van der Waals surface area contributed by atoms with Crippen LogP contribution in [0.1, 0.15) is 50.2 Å². The Morgan fingerprint density at radius 1 is 1.13 bits per heavy atom. The molecular formula is C30H35N3O5. The third-order valence-electron chi connectivity index (χ3n) is 8.11. The van der Waals surface area contributed by atoms with Crippen molar-refractivity contribution < 1.29 is 24.6 Å². The first-order valence-electron chi connectivity index (χ1n) is 13.4. The number of nitrogens with zero attached hydrogens (tertiary/aromatic N) is 3. The van der Waals surface area contributed by atoms with Gasteiger partial charge in [-0.15, -0.1) is 0 Å². The fourth-order valence-electron chi connectivity index (χ4n) is 5.93. The summed E-state index contributed by atoms with van der Waals surface area (Å²) in [5, 5.41) is 21.6. The highest BCUT2D eigenvalue weighted by Crippen LogP contribution is 2.47. The third kappa shape index (κ3) is 4.63. The average Bonchev–Trinajstić information content (AvgIpc) is 3.64. The number of fused-ring (bicyclic) bond motifs is 1. The van der Waals surface area contributed by atoms with Crippen molar-refractivity contribution in [3.63, 3.8) is 0 Å². The maximum absolute atomic E-state index is 13.9. The molecule has 0 radical (unpaired) electrons. The van der Waals surface area contributed by atoms with E-state index >= 15 is 0 Å². The lowest BCUT2D eigenvalue weighted by atomic mass is 9.82. The van der Waals surface area contributed by atoms with Crippen molar-refractivity contribution in [1.29, 1.82) is 0 Å². The van der Waals surface area contributed by atoms with Crippen LogP contribution in [0.4, 0.5) is 11.4 Å². The largest absolute Gasteiger partial charge is 0.394 e. The molecule has 3 heterocycles. The quantitative estimate of drug-likeness (QED) is 0.524. The van der Waals surface area contributed by atoms with Crippen LogP contribution >= 0.6 is 0 Å². The Labute approximate surface area is 223 Å². The predicted molar refractivity (Wildman–Crippen MR) is 144 cm³/mol. The normalized spacial score (nSPS) is 24.1. The van der Waals surface area contributed by atoms with Gasteiger partial charge in [0.05, 0.1) is 24.9 Å². The van der Waals surface area contributed by atoms with Gasteiger partial charge in [0, 0.05) is 43.1 Å². The van der Waals surface area contributed by atoms with Crippen molar-refractivity contribution in [3.05, 3.63) is 71.8 Å². The first kappa shape index (κ1) is 26.1. The van der Waals surface area contributed by atoms with Crippen LogP contribution in [0.15, 0.2) is 60.7 Å². The number of aliphatic hydroxyl groups excluding tert-OH is 1. The van der Waals surface area contributed by atoms with Gasteiger partial charge in [0.25, 0.3) is 5.91 Å². The minimum Gasteiger partial charge on any atom is -0.394 e. The number of aliphatic hydroxyl groups is 2. The summed E-state index contributed by atoms with van der Waals surface area (Å²) < 4.78 is 0. The zero-order valence-electron chi connectivity index (χ0n) is 21.8. The van der Waals surface area contributed by atoms with Crippen molar-refractivity contribution in [2.45, 2.75) is 57.2 Å². The molecule has 8 heteroatoms. The second-order valence-electron chi connectivity index (χ2n) is 10.5. The molecule has 0 aliphatic carbocycles. The molecule has 200 valence electrons. The van der Waals surface area contributed by atoms with Crippen LogP contribution in [-0.4, -0.2) is 58.6 Å². The van der Waals surface area contributed by atoms with Gasteiger partial charge in [-0.1, -0.05) is 49.4 Å². The number of rotatable bonds is 8. The lowest BCUT2D eigenvalue weighted by molar-refractivity contribution is -0.139. The molecule has 3 amide bonds. The summed E-state index contributed by atoms with van der Waals surface area (Å²) in [6.07, 6.45) is 6.51. The van der Waals surface area contributed by atoms with Gasteiger partial charge in [-0.25, -0.2) is 0 Å². The van der Waals surface area contributed by atoms with Crippen molar-refractivity contribution in [2.24, 2.45) is 5.92 Å². The molecule has 3 atom stereocenters. The summed E-state index contributed by atoms with van der Waals surface area (Å²) in [7, 11) is 0. The Kier molecular flexibility index (Phi) is 7.36. The molecule has 5 rings (SSSR count). The molecule has 2 N–H and O–H groups in total. The van der Waals surface area contributed by atoms with E-state index in [9.17, 15) is 24.6 Å². The molecule has 38 heavy (non-hydrogen) atoms. The molecular weight excluding hydrogens is 482 g/mol. The van der Waals surface area contributed by atoms with Crippen LogP contribution in [0, 0.1) is 5.92 Å². The minimum absolute atomic E-state index is 0.0357. The summed E-state index contributed by atoms with van der Waals surface area (Å²) in [5.74, 6) is -1.09. The van der Waals surface area contributed by atoms with Crippen LogP contribution in [0.5, 0.6) is 0 Å². The van der Waals surface area contributed by atoms with Gasteiger partial charge >= 0.3 is 0 Å². The van der Waals surface area contributed by atoms with E-state index in [0.717, 1.165) is 24.8 Å². The average molecular weight is 518 g/mol. The summed E-state index contributed by atoms with van der Waals surface area (Å²) >= 11 is 0. The zero-order chi connectivity index (χ0) is 26.9. The Bertz CT molecular complexity index is 1250. The van der Waals surface area contributed by atoms with Crippen molar-refractivity contribution in [1.82, 2.24) is 4.90 Å². The van der Waals surface area contributed by atoms with Gasteiger partial charge in [0.15, 0.2) is 5.60 Å². The smallest absolute Gasteiger partial charge is 0.264 e. The SMILES string of the molecule is C[C@H](/C=C/CC(=O)N1CCC[C@H]1CO)[C@@]1(O)C(=O)N(Cc2ccccc2)c2ccc(N3CCCC3=O)cc21. The van der Waals surface area contributed by atoms with E-state index in [0.29, 0.717) is 43.0 Å². The lowest BCUT2D eigenvalue weighted by Gasteiger charge is -2.28. The Hall–Kier alpha value is -3.49. The number of amides is 3. The van der Waals surface area contributed by atoms with E-state index in [1.807, 2.05) is 42.5 Å². The van der Waals surface area contributed by atoms with E-state index in [1.54, 1.807) is 39.8 Å². The second-order valence-corrected chi connectivity index (χ2v) is 10.5. The number of carbonyl (C=O) groups is 3. The number of benzene rings is 2.